The Kier molecular flexibility index (Phi) is 4.07. The number of aryl methyl sites for hydroxylation is 3. The van der Waals surface area contributed by atoms with Crippen LogP contribution in [0.5, 0.6) is 0 Å². The van der Waals surface area contributed by atoms with Crippen molar-refractivity contribution in [2.45, 2.75) is 51.9 Å². The van der Waals surface area contributed by atoms with Crippen molar-refractivity contribution in [3.63, 3.8) is 0 Å². The molecule has 0 saturated heterocycles. The first-order chi connectivity index (χ1) is 13.1. The van der Waals surface area contributed by atoms with E-state index in [1.165, 1.54) is 65.3 Å². The molecule has 3 aromatic rings. The average molecular weight is 357 g/mol. The standard InChI is InChI=1S/C26H30N/c1-17-4-5-18(2)24(14-17)26-23-11-10-21(16-22(23)12-13-27(26)3)25-15-19-6-8-20(25)9-7-19/h4-5,10-14,16,19-20,25H,6-9,15H2,1-3H3/q+1. The van der Waals surface area contributed by atoms with E-state index in [1.807, 2.05) is 0 Å². The third-order valence-corrected chi connectivity index (χ3v) is 7.29. The van der Waals surface area contributed by atoms with E-state index in [0.717, 1.165) is 17.8 Å². The van der Waals surface area contributed by atoms with Crippen molar-refractivity contribution in [1.29, 1.82) is 0 Å². The quantitative estimate of drug-likeness (QED) is 0.478. The molecule has 3 aliphatic rings. The molecule has 0 amide bonds. The summed E-state index contributed by atoms with van der Waals surface area (Å²) in [6.45, 7) is 4.41. The van der Waals surface area contributed by atoms with Crippen LogP contribution in [0.25, 0.3) is 22.0 Å². The van der Waals surface area contributed by atoms with Gasteiger partial charge >= 0.3 is 0 Å². The van der Waals surface area contributed by atoms with Crippen LogP contribution < -0.4 is 4.57 Å². The Hall–Kier alpha value is -2.15. The zero-order chi connectivity index (χ0) is 18.5. The van der Waals surface area contributed by atoms with E-state index in [1.54, 1.807) is 5.56 Å². The first-order valence-electron chi connectivity index (χ1n) is 10.6. The fraction of sp³-hybridized carbons (Fsp3) is 0.423. The number of nitrogens with zero attached hydrogens (tertiary/aromatic N) is 1. The molecule has 1 heteroatoms. The Morgan fingerprint density at radius 1 is 0.889 bits per heavy atom. The van der Waals surface area contributed by atoms with Crippen molar-refractivity contribution in [3.05, 3.63) is 65.4 Å². The molecule has 2 aromatic carbocycles. The average Bonchev–Trinajstić information content (AvgIpc) is 2.70. The van der Waals surface area contributed by atoms with Crippen LogP contribution >= 0.6 is 0 Å². The zero-order valence-corrected chi connectivity index (χ0v) is 16.8. The Balaban J connectivity index is 1.63. The van der Waals surface area contributed by atoms with Gasteiger partial charge in [-0.25, -0.2) is 4.57 Å². The summed E-state index contributed by atoms with van der Waals surface area (Å²) in [5.74, 6) is 2.69. The molecular weight excluding hydrogens is 326 g/mol. The molecule has 1 aromatic heterocycles. The van der Waals surface area contributed by atoms with E-state index in [4.69, 9.17) is 0 Å². The van der Waals surface area contributed by atoms with E-state index in [2.05, 4.69) is 74.1 Å². The Morgan fingerprint density at radius 2 is 1.70 bits per heavy atom. The highest BCUT2D eigenvalue weighted by Gasteiger charge is 2.36. The second-order valence-corrected chi connectivity index (χ2v) is 9.06. The summed E-state index contributed by atoms with van der Waals surface area (Å²) < 4.78 is 2.28. The minimum Gasteiger partial charge on any atom is -0.200 e. The van der Waals surface area contributed by atoms with E-state index >= 15 is 0 Å². The molecule has 2 bridgehead atoms. The van der Waals surface area contributed by atoms with Gasteiger partial charge in [-0.3, -0.25) is 0 Å². The first-order valence-corrected chi connectivity index (χ1v) is 10.6. The molecule has 3 saturated carbocycles. The van der Waals surface area contributed by atoms with Crippen molar-refractivity contribution in [2.24, 2.45) is 18.9 Å². The zero-order valence-electron chi connectivity index (χ0n) is 16.8. The van der Waals surface area contributed by atoms with Crippen molar-refractivity contribution in [2.75, 3.05) is 0 Å². The van der Waals surface area contributed by atoms with Crippen molar-refractivity contribution >= 4 is 10.8 Å². The second-order valence-electron chi connectivity index (χ2n) is 9.06. The SMILES string of the molecule is Cc1ccc(C)c(-c2c3ccc(C4CC5CCC4CC5)cc3cc[n+]2C)c1. The summed E-state index contributed by atoms with van der Waals surface area (Å²) in [7, 11) is 2.17. The molecular formula is C26H30N+. The number of benzene rings is 2. The summed E-state index contributed by atoms with van der Waals surface area (Å²) in [5, 5.41) is 2.77. The first kappa shape index (κ1) is 17.0. The fourth-order valence-corrected chi connectivity index (χ4v) is 5.73. The van der Waals surface area contributed by atoms with Crippen molar-refractivity contribution in [3.8, 4) is 11.3 Å². The molecule has 27 heavy (non-hydrogen) atoms. The highest BCUT2D eigenvalue weighted by Crippen LogP contribution is 2.50. The summed E-state index contributed by atoms with van der Waals surface area (Å²) >= 11 is 0. The van der Waals surface area contributed by atoms with Gasteiger partial charge in [0, 0.05) is 11.6 Å². The van der Waals surface area contributed by atoms with Crippen LogP contribution in [0.3, 0.4) is 0 Å². The molecule has 0 spiro atoms. The van der Waals surface area contributed by atoms with Crippen LogP contribution in [0.15, 0.2) is 48.7 Å². The molecule has 1 unspecified atom stereocenters. The lowest BCUT2D eigenvalue weighted by molar-refractivity contribution is -0.659. The lowest BCUT2D eigenvalue weighted by Gasteiger charge is -2.42. The number of aromatic nitrogens is 1. The molecule has 138 valence electrons. The maximum atomic E-state index is 2.50. The van der Waals surface area contributed by atoms with Gasteiger partial charge in [-0.15, -0.1) is 0 Å². The summed E-state index contributed by atoms with van der Waals surface area (Å²) in [6, 6.07) is 16.4. The Bertz CT molecular complexity index is 1010. The molecule has 1 heterocycles. The van der Waals surface area contributed by atoms with Gasteiger partial charge in [-0.05, 0) is 79.5 Å². The van der Waals surface area contributed by atoms with Gasteiger partial charge in [-0.1, -0.05) is 42.7 Å². The maximum Gasteiger partial charge on any atom is 0.220 e. The minimum absolute atomic E-state index is 0.792. The highest BCUT2D eigenvalue weighted by atomic mass is 14.9. The van der Waals surface area contributed by atoms with Crippen molar-refractivity contribution in [1.82, 2.24) is 0 Å². The fourth-order valence-electron chi connectivity index (χ4n) is 5.73. The van der Waals surface area contributed by atoms with E-state index in [0.29, 0.717) is 0 Å². The predicted molar refractivity (Wildman–Crippen MR) is 113 cm³/mol. The van der Waals surface area contributed by atoms with Crippen LogP contribution in [0.1, 0.15) is 54.7 Å². The van der Waals surface area contributed by atoms with E-state index in [-0.39, 0.29) is 0 Å². The van der Waals surface area contributed by atoms with Crippen molar-refractivity contribution < 1.29 is 4.57 Å². The van der Waals surface area contributed by atoms with E-state index < -0.39 is 0 Å². The van der Waals surface area contributed by atoms with Gasteiger partial charge < -0.3 is 0 Å². The van der Waals surface area contributed by atoms with Gasteiger partial charge in [0.25, 0.3) is 0 Å². The third-order valence-electron chi connectivity index (χ3n) is 7.29. The lowest BCUT2D eigenvalue weighted by Crippen LogP contribution is -2.31. The van der Waals surface area contributed by atoms with Gasteiger partial charge in [0.05, 0.1) is 5.39 Å². The third kappa shape index (κ3) is 2.88. The highest BCUT2D eigenvalue weighted by molar-refractivity contribution is 5.94. The van der Waals surface area contributed by atoms with Crippen LogP contribution in [-0.2, 0) is 7.05 Å². The summed E-state index contributed by atoms with van der Waals surface area (Å²) in [4.78, 5) is 0. The summed E-state index contributed by atoms with van der Waals surface area (Å²) in [6.07, 6.45) is 9.50. The topological polar surface area (TPSA) is 3.88 Å². The van der Waals surface area contributed by atoms with Crippen LogP contribution in [0.2, 0.25) is 0 Å². The van der Waals surface area contributed by atoms with Gasteiger partial charge in [0.1, 0.15) is 7.05 Å². The molecule has 1 nitrogen and oxygen atoms in total. The molecule has 1 atom stereocenters. The van der Waals surface area contributed by atoms with Crippen LogP contribution in [0.4, 0.5) is 0 Å². The number of pyridine rings is 1. The number of rotatable bonds is 2. The smallest absolute Gasteiger partial charge is 0.200 e. The van der Waals surface area contributed by atoms with Gasteiger partial charge in [-0.2, -0.15) is 0 Å². The minimum atomic E-state index is 0.792. The van der Waals surface area contributed by atoms with Crippen LogP contribution in [0, 0.1) is 25.7 Å². The second kappa shape index (κ2) is 6.48. The predicted octanol–water partition coefficient (Wildman–Crippen LogP) is 6.24. The monoisotopic (exact) mass is 356 g/mol. The molecule has 3 aliphatic carbocycles. The summed E-state index contributed by atoms with van der Waals surface area (Å²) in [5.41, 5.74) is 6.94. The lowest BCUT2D eigenvalue weighted by atomic mass is 9.63. The Labute approximate surface area is 163 Å². The largest absolute Gasteiger partial charge is 0.220 e. The van der Waals surface area contributed by atoms with Gasteiger partial charge in [0.15, 0.2) is 6.20 Å². The molecule has 0 aliphatic heterocycles. The van der Waals surface area contributed by atoms with Crippen LogP contribution in [-0.4, -0.2) is 0 Å². The van der Waals surface area contributed by atoms with Gasteiger partial charge in [0.2, 0.25) is 5.69 Å². The normalized spacial score (nSPS) is 24.5. The molecule has 3 fully saturated rings. The molecule has 0 radical (unpaired) electrons. The number of hydrogen-bond acceptors (Lipinski definition) is 0. The molecule has 6 rings (SSSR count). The number of hydrogen-bond donors (Lipinski definition) is 0. The molecule has 0 N–H and O–H groups in total. The Morgan fingerprint density at radius 3 is 2.44 bits per heavy atom. The maximum absolute atomic E-state index is 2.50. The number of fused-ring (bicyclic) bond motifs is 4. The van der Waals surface area contributed by atoms with E-state index in [9.17, 15) is 0 Å².